The monoisotopic (exact) mass is 747 g/mol. The molecule has 2 aromatic carbocycles. The van der Waals surface area contributed by atoms with Crippen molar-refractivity contribution in [2.45, 2.75) is 83.0 Å². The molecule has 286 valence electrons. The minimum absolute atomic E-state index is 0.0187. The minimum Gasteiger partial charge on any atom is -0.508 e. The number of carboxylic acids is 1. The fourth-order valence-corrected chi connectivity index (χ4v) is 12.0. The first-order chi connectivity index (χ1) is 26.2. The van der Waals surface area contributed by atoms with Crippen molar-refractivity contribution in [2.75, 3.05) is 6.61 Å². The smallest absolute Gasteiger partial charge is 0.336 e. The van der Waals surface area contributed by atoms with Gasteiger partial charge in [0.15, 0.2) is 5.43 Å². The molecule has 11 heteroatoms. The zero-order chi connectivity index (χ0) is 38.6. The number of benzene rings is 3. The Hall–Kier alpha value is -5.00. The van der Waals surface area contributed by atoms with Crippen molar-refractivity contribution in [3.8, 4) is 28.2 Å². The Kier molecular flexibility index (Phi) is 8.12. The SMILES string of the molecule is C[C@]12CC[C@H](NC(=O)c3ccc(C(=O)O)c(-c4c5ccc(=O)cc-5oc5cc(O)ccc45)c3)C[C@H]1CC[C@@H]1[C@@H]2C[C@@H](O)[C@]2(C)[C@@H](C3=CC(=O)OC3)CC[C@]12O. The van der Waals surface area contributed by atoms with Gasteiger partial charge in [-0.05, 0) is 134 Å². The molecule has 4 fully saturated rings. The highest BCUT2D eigenvalue weighted by Gasteiger charge is 2.70. The molecule has 9 rings (SSSR count). The number of hydrogen-bond acceptors (Lipinski definition) is 9. The molecule has 0 spiro atoms. The summed E-state index contributed by atoms with van der Waals surface area (Å²) in [6, 6.07) is 13.2. The van der Waals surface area contributed by atoms with Crippen LogP contribution in [0.1, 0.15) is 85.9 Å². The number of phenolic OH excluding ortho intramolecular Hbond substituents is 1. The van der Waals surface area contributed by atoms with Gasteiger partial charge < -0.3 is 34.9 Å². The van der Waals surface area contributed by atoms with Crippen molar-refractivity contribution in [1.29, 1.82) is 0 Å². The second-order valence-electron chi connectivity index (χ2n) is 17.2. The van der Waals surface area contributed by atoms with Crippen LogP contribution in [-0.2, 0) is 9.53 Å². The molecular formula is C44H45NO10. The lowest BCUT2D eigenvalue weighted by atomic mass is 9.42. The zero-order valence-electron chi connectivity index (χ0n) is 30.8. The number of carbonyl (C=O) groups is 3. The van der Waals surface area contributed by atoms with Crippen molar-refractivity contribution in [3.63, 3.8) is 0 Å². The molecule has 0 bridgehead atoms. The molecule has 0 unspecified atom stereocenters. The molecule has 5 aliphatic carbocycles. The molecule has 2 aromatic rings. The van der Waals surface area contributed by atoms with Crippen LogP contribution in [0.25, 0.3) is 33.4 Å². The van der Waals surface area contributed by atoms with Crippen LogP contribution in [0.4, 0.5) is 0 Å². The number of carbonyl (C=O) groups excluding carboxylic acids is 2. The van der Waals surface area contributed by atoms with Crippen LogP contribution in [0.15, 0.2) is 75.5 Å². The van der Waals surface area contributed by atoms with Crippen molar-refractivity contribution in [3.05, 3.63) is 87.6 Å². The number of aliphatic hydroxyl groups is 2. The number of phenols is 1. The largest absolute Gasteiger partial charge is 0.508 e. The Labute approximate surface area is 317 Å². The zero-order valence-corrected chi connectivity index (χ0v) is 30.8. The molecule has 2 heterocycles. The number of carboxylic acid groups (broad SMARTS) is 1. The van der Waals surface area contributed by atoms with Crippen LogP contribution in [0.3, 0.4) is 0 Å². The van der Waals surface area contributed by atoms with Gasteiger partial charge in [0.25, 0.3) is 5.91 Å². The van der Waals surface area contributed by atoms with Gasteiger partial charge in [0.1, 0.15) is 23.7 Å². The van der Waals surface area contributed by atoms with Gasteiger partial charge >= 0.3 is 11.9 Å². The molecule has 9 atom stereocenters. The fraction of sp³-hybridized carbons (Fsp3) is 0.455. The fourth-order valence-electron chi connectivity index (χ4n) is 12.0. The van der Waals surface area contributed by atoms with Crippen molar-refractivity contribution in [1.82, 2.24) is 5.32 Å². The van der Waals surface area contributed by atoms with E-state index in [9.17, 15) is 39.6 Å². The number of nitrogens with one attached hydrogen (secondary N) is 1. The van der Waals surface area contributed by atoms with E-state index in [0.29, 0.717) is 35.8 Å². The number of amides is 1. The Morgan fingerprint density at radius 1 is 0.891 bits per heavy atom. The lowest BCUT2D eigenvalue weighted by Gasteiger charge is -2.65. The summed E-state index contributed by atoms with van der Waals surface area (Å²) in [6.07, 6.45) is 6.68. The Balaban J connectivity index is 0.977. The summed E-state index contributed by atoms with van der Waals surface area (Å²) in [5, 5.41) is 48.7. The van der Waals surface area contributed by atoms with Crippen molar-refractivity contribution in [2.24, 2.45) is 34.5 Å². The average Bonchev–Trinajstić information content (AvgIpc) is 3.70. The predicted molar refractivity (Wildman–Crippen MR) is 202 cm³/mol. The van der Waals surface area contributed by atoms with Crippen molar-refractivity contribution >= 4 is 28.8 Å². The highest BCUT2D eigenvalue weighted by atomic mass is 16.5. The number of aromatic hydroxyl groups is 1. The molecule has 0 aromatic heterocycles. The molecule has 55 heavy (non-hydrogen) atoms. The highest BCUT2D eigenvalue weighted by molar-refractivity contribution is 6.09. The van der Waals surface area contributed by atoms with E-state index in [1.165, 1.54) is 36.4 Å². The van der Waals surface area contributed by atoms with Crippen LogP contribution in [0, 0.1) is 34.5 Å². The van der Waals surface area contributed by atoms with E-state index in [0.717, 1.165) is 37.7 Å². The second kappa shape index (κ2) is 12.5. The molecule has 5 N–H and O–H groups in total. The lowest BCUT2D eigenvalue weighted by molar-refractivity contribution is -0.242. The minimum atomic E-state index is -1.18. The Bertz CT molecular complexity index is 2350. The van der Waals surface area contributed by atoms with E-state index in [2.05, 4.69) is 12.2 Å². The Morgan fingerprint density at radius 2 is 1.71 bits per heavy atom. The van der Waals surface area contributed by atoms with Gasteiger partial charge in [-0.15, -0.1) is 0 Å². The van der Waals surface area contributed by atoms with Crippen LogP contribution in [0.2, 0.25) is 0 Å². The van der Waals surface area contributed by atoms with E-state index in [4.69, 9.17) is 9.15 Å². The summed E-state index contributed by atoms with van der Waals surface area (Å²) >= 11 is 0. The van der Waals surface area contributed by atoms with Gasteiger partial charge in [-0.25, -0.2) is 9.59 Å². The number of rotatable bonds is 5. The molecular weight excluding hydrogens is 702 g/mol. The van der Waals surface area contributed by atoms with Gasteiger partial charge in [-0.2, -0.15) is 0 Å². The lowest BCUT2D eigenvalue weighted by Crippen LogP contribution is -2.67. The van der Waals surface area contributed by atoms with E-state index in [1.54, 1.807) is 24.3 Å². The molecule has 11 nitrogen and oxygen atoms in total. The van der Waals surface area contributed by atoms with E-state index in [-0.39, 0.29) is 92.8 Å². The molecule has 0 radical (unpaired) electrons. The highest BCUT2D eigenvalue weighted by Crippen LogP contribution is 2.70. The number of aromatic carboxylic acids is 1. The summed E-state index contributed by atoms with van der Waals surface area (Å²) in [5.41, 5.74) is 0.363. The standard InChI is InChI=1S/C44H45NO10/c1-42-13-11-25(17-24(42)4-10-33-34(42)20-37(48)43(2)32(12-14-44(33,43)53)23-16-38(49)54-21-23)45-40(50)22-3-7-28(41(51)52)31(15-22)39-29-8-5-26(46)18-35(29)55-36-19-27(47)6-9-30(36)39/h3,5-9,15-16,18-19,24-25,32-34,37,46,48,53H,4,10-14,17,20-21H2,1-2H3,(H,45,50)(H,51,52)/t24-,25+,32-,33-,34+,37-,42+,43+,44+/m1/s1. The number of hydrogen-bond donors (Lipinski definition) is 5. The number of cyclic esters (lactones) is 1. The average molecular weight is 748 g/mol. The van der Waals surface area contributed by atoms with Gasteiger partial charge in [0.05, 0.1) is 17.3 Å². The maximum atomic E-state index is 14.0. The maximum absolute atomic E-state index is 14.0. The number of fused-ring (bicyclic) bond motifs is 7. The molecule has 2 aliphatic heterocycles. The van der Waals surface area contributed by atoms with Crippen LogP contribution in [-0.4, -0.2) is 62.6 Å². The number of ether oxygens (including phenoxy) is 1. The summed E-state index contributed by atoms with van der Waals surface area (Å²) in [7, 11) is 0. The third-order valence-corrected chi connectivity index (χ3v) is 14.9. The van der Waals surface area contributed by atoms with Gasteiger partial charge in [-0.3, -0.25) is 9.59 Å². The van der Waals surface area contributed by atoms with Crippen LogP contribution in [0.5, 0.6) is 5.75 Å². The maximum Gasteiger partial charge on any atom is 0.336 e. The first kappa shape index (κ1) is 35.7. The van der Waals surface area contributed by atoms with Gasteiger partial charge in [0, 0.05) is 51.7 Å². The van der Waals surface area contributed by atoms with Crippen LogP contribution < -0.4 is 10.7 Å². The van der Waals surface area contributed by atoms with Gasteiger partial charge in [-0.1, -0.05) is 13.8 Å². The third kappa shape index (κ3) is 5.29. The van der Waals surface area contributed by atoms with Gasteiger partial charge in [0.2, 0.25) is 0 Å². The summed E-state index contributed by atoms with van der Waals surface area (Å²) < 4.78 is 11.2. The summed E-state index contributed by atoms with van der Waals surface area (Å²) in [4.78, 5) is 50.8. The molecule has 4 saturated carbocycles. The normalized spacial score (nSPS) is 34.0. The summed E-state index contributed by atoms with van der Waals surface area (Å²) in [6.45, 7) is 4.53. The second-order valence-corrected chi connectivity index (χ2v) is 17.2. The van der Waals surface area contributed by atoms with Crippen molar-refractivity contribution < 1.29 is 44.0 Å². The van der Waals surface area contributed by atoms with E-state index in [1.807, 2.05) is 6.92 Å². The topological polar surface area (TPSA) is 184 Å². The van der Waals surface area contributed by atoms with Crippen LogP contribution >= 0.6 is 0 Å². The quantitative estimate of drug-likeness (QED) is 0.115. The Morgan fingerprint density at radius 3 is 2.47 bits per heavy atom. The van der Waals surface area contributed by atoms with E-state index < -0.39 is 23.1 Å². The summed E-state index contributed by atoms with van der Waals surface area (Å²) in [5.74, 6) is -1.42. The molecule has 1 amide bonds. The predicted octanol–water partition coefficient (Wildman–Crippen LogP) is 6.29. The molecule has 7 aliphatic rings. The first-order valence-corrected chi connectivity index (χ1v) is 19.4. The van der Waals surface area contributed by atoms with E-state index >= 15 is 0 Å². The third-order valence-electron chi connectivity index (χ3n) is 14.9. The first-order valence-electron chi connectivity index (χ1n) is 19.4. The molecule has 0 saturated heterocycles. The number of esters is 1. The number of aliphatic hydroxyl groups excluding tert-OH is 1.